The van der Waals surface area contributed by atoms with Crippen molar-refractivity contribution in [2.75, 3.05) is 44.3 Å². The van der Waals surface area contributed by atoms with E-state index >= 15 is 0 Å². The highest BCUT2D eigenvalue weighted by molar-refractivity contribution is 5.80. The Labute approximate surface area is 168 Å². The molecule has 0 radical (unpaired) electrons. The highest BCUT2D eigenvalue weighted by atomic mass is 19.4. The molecule has 4 rings (SSSR count). The molecule has 9 heteroatoms. The van der Waals surface area contributed by atoms with Crippen molar-refractivity contribution in [1.82, 2.24) is 9.88 Å². The number of ether oxygens (including phenoxy) is 2. The fourth-order valence-electron chi connectivity index (χ4n) is 4.54. The third-order valence-electron chi connectivity index (χ3n) is 6.05. The van der Waals surface area contributed by atoms with E-state index < -0.39 is 11.7 Å². The summed E-state index contributed by atoms with van der Waals surface area (Å²) in [5.41, 5.74) is -0.745. The van der Waals surface area contributed by atoms with Crippen LogP contribution in [0.2, 0.25) is 0 Å². The first-order chi connectivity index (χ1) is 13.9. The van der Waals surface area contributed by atoms with Crippen LogP contribution in [-0.2, 0) is 20.4 Å². The first-order valence-electron chi connectivity index (χ1n) is 10.2. The van der Waals surface area contributed by atoms with Crippen molar-refractivity contribution >= 4 is 11.7 Å². The summed E-state index contributed by atoms with van der Waals surface area (Å²) >= 11 is 0. The van der Waals surface area contributed by atoms with Crippen LogP contribution in [0.1, 0.15) is 31.2 Å². The smallest absolute Gasteiger partial charge is 0.355 e. The molecule has 1 amide bonds. The molecule has 3 saturated heterocycles. The van der Waals surface area contributed by atoms with E-state index in [-0.39, 0.29) is 30.5 Å². The first-order valence-corrected chi connectivity index (χ1v) is 10.2. The van der Waals surface area contributed by atoms with E-state index in [1.807, 2.05) is 4.90 Å². The molecule has 0 aromatic carbocycles. The number of carbonyl (C=O) groups is 1. The summed E-state index contributed by atoms with van der Waals surface area (Å²) in [6.07, 6.45) is -0.248. The van der Waals surface area contributed by atoms with Gasteiger partial charge in [0.05, 0.1) is 24.7 Å². The summed E-state index contributed by atoms with van der Waals surface area (Å²) in [6, 6.07) is 2.34. The van der Waals surface area contributed by atoms with Gasteiger partial charge in [-0.3, -0.25) is 4.79 Å². The second-order valence-corrected chi connectivity index (χ2v) is 7.93. The number of likely N-dealkylation sites (tertiary alicyclic amines) is 1. The largest absolute Gasteiger partial charge is 0.419 e. The fourth-order valence-corrected chi connectivity index (χ4v) is 4.54. The molecule has 0 saturated carbocycles. The lowest BCUT2D eigenvalue weighted by Crippen LogP contribution is -2.48. The Balaban J connectivity index is 1.38. The van der Waals surface area contributed by atoms with Crippen LogP contribution in [0.25, 0.3) is 0 Å². The molecule has 1 aromatic heterocycles. The Morgan fingerprint density at radius 1 is 1.10 bits per heavy atom. The zero-order valence-corrected chi connectivity index (χ0v) is 16.2. The van der Waals surface area contributed by atoms with Crippen molar-refractivity contribution in [2.24, 2.45) is 11.8 Å². The predicted molar refractivity (Wildman–Crippen MR) is 99.2 cm³/mol. The molecule has 3 aliphatic rings. The molecular formula is C20H26F3N3O3. The van der Waals surface area contributed by atoms with Gasteiger partial charge in [-0.05, 0) is 37.8 Å². The van der Waals surface area contributed by atoms with E-state index in [0.717, 1.165) is 18.9 Å². The molecule has 0 N–H and O–H groups in total. The number of piperidine rings is 2. The van der Waals surface area contributed by atoms with E-state index in [2.05, 4.69) is 4.98 Å². The third-order valence-corrected chi connectivity index (χ3v) is 6.05. The van der Waals surface area contributed by atoms with Crippen molar-refractivity contribution < 1.29 is 27.4 Å². The lowest BCUT2D eigenvalue weighted by atomic mass is 9.92. The molecule has 3 aliphatic heterocycles. The number of anilines is 1. The minimum atomic E-state index is -4.47. The van der Waals surface area contributed by atoms with Crippen molar-refractivity contribution in [1.29, 1.82) is 0 Å². The van der Waals surface area contributed by atoms with Gasteiger partial charge in [-0.2, -0.15) is 13.2 Å². The van der Waals surface area contributed by atoms with Crippen molar-refractivity contribution in [3.63, 3.8) is 0 Å². The Kier molecular flexibility index (Phi) is 5.96. The number of amides is 1. The van der Waals surface area contributed by atoms with Gasteiger partial charge in [0.1, 0.15) is 5.82 Å². The second kappa shape index (κ2) is 8.47. The molecular weight excluding hydrogens is 387 g/mol. The van der Waals surface area contributed by atoms with Gasteiger partial charge in [0, 0.05) is 38.3 Å². The highest BCUT2D eigenvalue weighted by Gasteiger charge is 2.39. The standard InChI is InChI=1S/C20H26F3N3O3/c21-20(22,23)16-4-1-7-24-17(16)26-8-2-3-15(13-26)18(27)25-9-5-14(6-10-25)19-28-11-12-29-19/h1,4,7,14-15,19H,2-3,5-6,8-13H2. The summed E-state index contributed by atoms with van der Waals surface area (Å²) in [4.78, 5) is 20.5. The van der Waals surface area contributed by atoms with Crippen LogP contribution in [-0.4, -0.2) is 61.5 Å². The second-order valence-electron chi connectivity index (χ2n) is 7.93. The number of hydrogen-bond donors (Lipinski definition) is 0. The zero-order chi connectivity index (χ0) is 20.4. The van der Waals surface area contributed by atoms with Crippen LogP contribution >= 0.6 is 0 Å². The number of pyridine rings is 1. The number of hydrogen-bond acceptors (Lipinski definition) is 5. The molecule has 4 heterocycles. The molecule has 29 heavy (non-hydrogen) atoms. The summed E-state index contributed by atoms with van der Waals surface area (Å²) in [5.74, 6) is -0.0488. The first kappa shape index (κ1) is 20.4. The maximum Gasteiger partial charge on any atom is 0.419 e. The van der Waals surface area contributed by atoms with Crippen LogP contribution in [0.3, 0.4) is 0 Å². The summed E-state index contributed by atoms with van der Waals surface area (Å²) < 4.78 is 51.2. The number of halogens is 3. The molecule has 3 fully saturated rings. The van der Waals surface area contributed by atoms with Gasteiger partial charge in [-0.25, -0.2) is 4.98 Å². The van der Waals surface area contributed by atoms with E-state index in [1.165, 1.54) is 12.3 Å². The average molecular weight is 413 g/mol. The molecule has 1 unspecified atom stereocenters. The molecule has 6 nitrogen and oxygen atoms in total. The van der Waals surface area contributed by atoms with E-state index in [1.54, 1.807) is 4.90 Å². The Bertz CT molecular complexity index is 716. The van der Waals surface area contributed by atoms with Gasteiger partial charge in [0.25, 0.3) is 0 Å². The molecule has 0 spiro atoms. The topological polar surface area (TPSA) is 54.9 Å². The summed E-state index contributed by atoms with van der Waals surface area (Å²) in [5, 5.41) is 0. The van der Waals surface area contributed by atoms with Gasteiger partial charge in [-0.1, -0.05) is 0 Å². The Morgan fingerprint density at radius 2 is 1.83 bits per heavy atom. The fraction of sp³-hybridized carbons (Fsp3) is 0.700. The number of aromatic nitrogens is 1. The van der Waals surface area contributed by atoms with E-state index in [4.69, 9.17) is 9.47 Å². The Hall–Kier alpha value is -1.87. The Morgan fingerprint density at radius 3 is 2.52 bits per heavy atom. The predicted octanol–water partition coefficient (Wildman–Crippen LogP) is 2.93. The maximum absolute atomic E-state index is 13.4. The molecule has 160 valence electrons. The monoisotopic (exact) mass is 413 g/mol. The molecule has 1 aromatic rings. The molecule has 1 atom stereocenters. The highest BCUT2D eigenvalue weighted by Crippen LogP contribution is 2.37. The number of rotatable bonds is 3. The van der Waals surface area contributed by atoms with E-state index in [0.29, 0.717) is 51.6 Å². The van der Waals surface area contributed by atoms with Gasteiger partial charge in [-0.15, -0.1) is 0 Å². The van der Waals surface area contributed by atoms with Crippen LogP contribution < -0.4 is 4.90 Å². The lowest BCUT2D eigenvalue weighted by molar-refractivity contribution is -0.141. The summed E-state index contributed by atoms with van der Waals surface area (Å²) in [7, 11) is 0. The van der Waals surface area contributed by atoms with Gasteiger partial charge in [0.2, 0.25) is 5.91 Å². The van der Waals surface area contributed by atoms with Gasteiger partial charge < -0.3 is 19.3 Å². The molecule has 0 bridgehead atoms. The third kappa shape index (κ3) is 4.50. The van der Waals surface area contributed by atoms with Crippen molar-refractivity contribution in [3.05, 3.63) is 23.9 Å². The van der Waals surface area contributed by atoms with E-state index in [9.17, 15) is 18.0 Å². The number of nitrogens with zero attached hydrogens (tertiary/aromatic N) is 3. The lowest BCUT2D eigenvalue weighted by Gasteiger charge is -2.39. The van der Waals surface area contributed by atoms with Crippen LogP contribution in [0.15, 0.2) is 18.3 Å². The maximum atomic E-state index is 13.4. The minimum absolute atomic E-state index is 0.0332. The summed E-state index contributed by atoms with van der Waals surface area (Å²) in [6.45, 7) is 3.27. The SMILES string of the molecule is O=C(C1CCCN(c2ncccc2C(F)(F)F)C1)N1CCC(C2OCCO2)CC1. The molecule has 0 aliphatic carbocycles. The van der Waals surface area contributed by atoms with Crippen LogP contribution in [0.4, 0.5) is 19.0 Å². The number of carbonyl (C=O) groups excluding carboxylic acids is 1. The van der Waals surface area contributed by atoms with Crippen LogP contribution in [0, 0.1) is 11.8 Å². The number of alkyl halides is 3. The zero-order valence-electron chi connectivity index (χ0n) is 16.2. The van der Waals surface area contributed by atoms with Gasteiger partial charge >= 0.3 is 6.18 Å². The van der Waals surface area contributed by atoms with Crippen molar-refractivity contribution in [3.8, 4) is 0 Å². The minimum Gasteiger partial charge on any atom is -0.355 e. The quantitative estimate of drug-likeness (QED) is 0.763. The normalized spacial score (nSPS) is 24.9. The van der Waals surface area contributed by atoms with Crippen LogP contribution in [0.5, 0.6) is 0 Å². The van der Waals surface area contributed by atoms with Crippen molar-refractivity contribution in [2.45, 2.75) is 38.1 Å². The average Bonchev–Trinajstić information content (AvgIpc) is 3.28. The van der Waals surface area contributed by atoms with Gasteiger partial charge in [0.15, 0.2) is 6.29 Å².